The molecule has 2 aromatic carbocycles. The van der Waals surface area contributed by atoms with Crippen LogP contribution in [0.1, 0.15) is 6.92 Å². The van der Waals surface area contributed by atoms with Gasteiger partial charge in [-0.2, -0.15) is 8.42 Å². The molecule has 7 nitrogen and oxygen atoms in total. The van der Waals surface area contributed by atoms with Gasteiger partial charge in [-0.1, -0.05) is 18.2 Å². The Bertz CT molecular complexity index is 823. The van der Waals surface area contributed by atoms with Crippen LogP contribution in [0.4, 0.5) is 5.69 Å². The minimum atomic E-state index is -3.71. The van der Waals surface area contributed by atoms with Gasteiger partial charge in [-0.25, -0.2) is 0 Å². The number of rotatable bonds is 10. The van der Waals surface area contributed by atoms with E-state index in [0.717, 1.165) is 4.90 Å². The van der Waals surface area contributed by atoms with E-state index in [0.29, 0.717) is 18.0 Å². The number of quaternary nitrogens is 1. The molecule has 0 aliphatic carbocycles. The first-order chi connectivity index (χ1) is 12.9. The largest absolute Gasteiger partial charge is 0.497 e. The van der Waals surface area contributed by atoms with Crippen molar-refractivity contribution in [2.24, 2.45) is 0 Å². The summed E-state index contributed by atoms with van der Waals surface area (Å²) in [6, 6.07) is 15.4. The second-order valence-corrected chi connectivity index (χ2v) is 7.66. The Balaban J connectivity index is 1.84. The summed E-state index contributed by atoms with van der Waals surface area (Å²) in [5, 5.41) is 2.80. The number of para-hydroxylation sites is 1. The zero-order valence-electron chi connectivity index (χ0n) is 15.5. The molecular weight excluding hydrogens is 368 g/mol. The lowest BCUT2D eigenvalue weighted by atomic mass is 10.3. The molecule has 0 saturated carbocycles. The number of amides is 1. The van der Waals surface area contributed by atoms with Gasteiger partial charge in [0.2, 0.25) is 0 Å². The highest BCUT2D eigenvalue weighted by Crippen LogP contribution is 2.14. The Hall–Kier alpha value is -2.58. The average Bonchev–Trinajstić information content (AvgIpc) is 2.66. The maximum Gasteiger partial charge on any atom is 0.314 e. The van der Waals surface area contributed by atoms with Crippen LogP contribution >= 0.6 is 0 Å². The molecule has 0 aromatic heterocycles. The molecule has 2 rings (SSSR count). The van der Waals surface area contributed by atoms with Crippen LogP contribution in [-0.2, 0) is 14.9 Å². The topological polar surface area (TPSA) is 86.1 Å². The van der Waals surface area contributed by atoms with Crippen LogP contribution in [0.15, 0.2) is 54.6 Å². The van der Waals surface area contributed by atoms with Gasteiger partial charge in [0, 0.05) is 5.69 Å². The van der Waals surface area contributed by atoms with E-state index in [9.17, 15) is 13.2 Å². The molecular formula is C19H25N2O5S+. The summed E-state index contributed by atoms with van der Waals surface area (Å²) in [4.78, 5) is 13.1. The van der Waals surface area contributed by atoms with Gasteiger partial charge in [0.15, 0.2) is 6.54 Å². The number of hydrogen-bond acceptors (Lipinski definition) is 5. The highest BCUT2D eigenvalue weighted by atomic mass is 32.2. The first-order valence-corrected chi connectivity index (χ1v) is 10.2. The summed E-state index contributed by atoms with van der Waals surface area (Å²) >= 11 is 0. The van der Waals surface area contributed by atoms with E-state index in [1.54, 1.807) is 61.7 Å². The van der Waals surface area contributed by atoms with E-state index in [1.807, 2.05) is 6.92 Å². The monoisotopic (exact) mass is 393 g/mol. The molecule has 2 N–H and O–H groups in total. The van der Waals surface area contributed by atoms with Gasteiger partial charge in [-0.05, 0) is 43.3 Å². The van der Waals surface area contributed by atoms with Gasteiger partial charge in [0.05, 0.1) is 20.2 Å². The molecule has 0 saturated heterocycles. The lowest BCUT2D eigenvalue weighted by Crippen LogP contribution is -3.13. The number of carbonyl (C=O) groups excluding carboxylic acids is 1. The second kappa shape index (κ2) is 9.94. The van der Waals surface area contributed by atoms with Gasteiger partial charge in [-0.15, -0.1) is 0 Å². The highest BCUT2D eigenvalue weighted by molar-refractivity contribution is 7.87. The van der Waals surface area contributed by atoms with Crippen molar-refractivity contribution in [3.63, 3.8) is 0 Å². The number of nitrogens with one attached hydrogen (secondary N) is 2. The minimum Gasteiger partial charge on any atom is -0.497 e. The van der Waals surface area contributed by atoms with Crippen molar-refractivity contribution in [3.05, 3.63) is 54.6 Å². The number of carbonyl (C=O) groups is 1. The van der Waals surface area contributed by atoms with Crippen molar-refractivity contribution in [1.82, 2.24) is 0 Å². The molecule has 1 amide bonds. The molecule has 146 valence electrons. The van der Waals surface area contributed by atoms with E-state index in [2.05, 4.69) is 5.32 Å². The molecule has 1 atom stereocenters. The number of hydrogen-bond donors (Lipinski definition) is 2. The molecule has 8 heteroatoms. The predicted molar refractivity (Wildman–Crippen MR) is 104 cm³/mol. The van der Waals surface area contributed by atoms with Crippen LogP contribution in [-0.4, -0.2) is 46.8 Å². The molecule has 0 spiro atoms. The lowest BCUT2D eigenvalue weighted by Gasteiger charge is -2.17. The summed E-state index contributed by atoms with van der Waals surface area (Å²) in [7, 11) is -2.13. The maximum atomic E-state index is 12.2. The third-order valence-electron chi connectivity index (χ3n) is 3.96. The zero-order chi connectivity index (χ0) is 19.7. The summed E-state index contributed by atoms with van der Waals surface area (Å²) in [6.45, 7) is 2.97. The van der Waals surface area contributed by atoms with Crippen LogP contribution in [0, 0.1) is 0 Å². The van der Waals surface area contributed by atoms with Crippen LogP contribution in [0.5, 0.6) is 11.5 Å². The van der Waals surface area contributed by atoms with Gasteiger partial charge in [-0.3, -0.25) is 4.79 Å². The number of benzene rings is 2. The standard InChI is InChI=1S/C19H24N2O5S/c1-3-21(13-14-27(23,24)26-18-7-5-4-6-8-18)15-19(22)20-16-9-11-17(25-2)12-10-16/h4-12H,3,13-15H2,1-2H3,(H,20,22)/p+1. The summed E-state index contributed by atoms with van der Waals surface area (Å²) in [6.07, 6.45) is 0. The second-order valence-electron chi connectivity index (χ2n) is 5.97. The fourth-order valence-electron chi connectivity index (χ4n) is 2.43. The maximum absolute atomic E-state index is 12.2. The Morgan fingerprint density at radius 3 is 2.30 bits per heavy atom. The van der Waals surface area contributed by atoms with Gasteiger partial charge in [0.1, 0.15) is 17.3 Å². The molecule has 0 fully saturated rings. The van der Waals surface area contributed by atoms with Gasteiger partial charge >= 0.3 is 10.1 Å². The van der Waals surface area contributed by atoms with E-state index in [-0.39, 0.29) is 30.5 Å². The fourth-order valence-corrected chi connectivity index (χ4v) is 3.46. The van der Waals surface area contributed by atoms with Gasteiger partial charge < -0.3 is 19.1 Å². The summed E-state index contributed by atoms with van der Waals surface area (Å²) in [5.41, 5.74) is 0.663. The van der Waals surface area contributed by atoms with Crippen LogP contribution in [0.3, 0.4) is 0 Å². The fraction of sp³-hybridized carbons (Fsp3) is 0.316. The molecule has 0 heterocycles. The van der Waals surface area contributed by atoms with Crippen molar-refractivity contribution in [2.75, 3.05) is 37.8 Å². The summed E-state index contributed by atoms with van der Waals surface area (Å²) in [5.74, 6) is 0.643. The quantitative estimate of drug-likeness (QED) is 0.587. The molecule has 0 aliphatic heterocycles. The average molecular weight is 393 g/mol. The number of methoxy groups -OCH3 is 1. The molecule has 0 aliphatic rings. The zero-order valence-corrected chi connectivity index (χ0v) is 16.3. The van der Waals surface area contributed by atoms with E-state index in [1.165, 1.54) is 0 Å². The highest BCUT2D eigenvalue weighted by Gasteiger charge is 2.19. The molecule has 1 unspecified atom stereocenters. The Morgan fingerprint density at radius 2 is 1.70 bits per heavy atom. The van der Waals surface area contributed by atoms with Crippen LogP contribution in [0.25, 0.3) is 0 Å². The van der Waals surface area contributed by atoms with Gasteiger partial charge in [0.25, 0.3) is 5.91 Å². The van der Waals surface area contributed by atoms with Crippen LogP contribution < -0.4 is 19.1 Å². The molecule has 0 radical (unpaired) electrons. The van der Waals surface area contributed by atoms with Crippen molar-refractivity contribution in [3.8, 4) is 11.5 Å². The molecule has 0 bridgehead atoms. The number of ether oxygens (including phenoxy) is 1. The predicted octanol–water partition coefficient (Wildman–Crippen LogP) is 0.947. The van der Waals surface area contributed by atoms with Crippen molar-refractivity contribution < 1.29 is 27.0 Å². The SMILES string of the molecule is CC[NH+](CCS(=O)(=O)Oc1ccccc1)CC(=O)Nc1ccc(OC)cc1. The van der Waals surface area contributed by atoms with Crippen LogP contribution in [0.2, 0.25) is 0 Å². The van der Waals surface area contributed by atoms with E-state index >= 15 is 0 Å². The minimum absolute atomic E-state index is 0.166. The Morgan fingerprint density at radius 1 is 1.04 bits per heavy atom. The first-order valence-electron chi connectivity index (χ1n) is 8.66. The van der Waals surface area contributed by atoms with E-state index in [4.69, 9.17) is 8.92 Å². The van der Waals surface area contributed by atoms with Crippen molar-refractivity contribution in [2.45, 2.75) is 6.92 Å². The number of likely N-dealkylation sites (N-methyl/N-ethyl adjacent to an activating group) is 1. The van der Waals surface area contributed by atoms with Crippen molar-refractivity contribution >= 4 is 21.7 Å². The first kappa shape index (κ1) is 20.7. The van der Waals surface area contributed by atoms with Crippen molar-refractivity contribution in [1.29, 1.82) is 0 Å². The molecule has 2 aromatic rings. The third kappa shape index (κ3) is 7.28. The third-order valence-corrected chi connectivity index (χ3v) is 5.11. The summed E-state index contributed by atoms with van der Waals surface area (Å²) < 4.78 is 34.4. The van der Waals surface area contributed by atoms with E-state index < -0.39 is 10.1 Å². The smallest absolute Gasteiger partial charge is 0.314 e. The number of anilines is 1. The Labute approximate surface area is 160 Å². The lowest BCUT2D eigenvalue weighted by molar-refractivity contribution is -0.887. The Kier molecular flexibility index (Phi) is 7.63. The normalized spacial score (nSPS) is 12.2. The molecule has 27 heavy (non-hydrogen) atoms.